The molecule has 1 aromatic carbocycles. The molecule has 1 spiro atoms. The standard InChI is InChI=1S/C22H28N6O3/c1-15-19(13-31-20(15)29)28-11-10-22(21(28)30)8-6-17(7-9-22)24-12-16-2-4-18(5-3-16)27-26-14-25-23/h2-5,17,23-24H,6-14H2,1H3. The summed E-state index contributed by atoms with van der Waals surface area (Å²) >= 11 is 0. The first-order chi connectivity index (χ1) is 15.0. The Morgan fingerprint density at radius 3 is 2.58 bits per heavy atom. The number of azo groups is 1. The van der Waals surface area contributed by atoms with Crippen LogP contribution in [-0.4, -0.2) is 42.6 Å². The Hall–Kier alpha value is -2.94. The van der Waals surface area contributed by atoms with E-state index in [1.54, 1.807) is 11.8 Å². The van der Waals surface area contributed by atoms with Gasteiger partial charge in [-0.05, 0) is 56.7 Å². The van der Waals surface area contributed by atoms with Gasteiger partial charge < -0.3 is 15.0 Å². The molecule has 9 heteroatoms. The third-order valence-electron chi connectivity index (χ3n) is 6.71. The molecular weight excluding hydrogens is 396 g/mol. The molecule has 4 rings (SSSR count). The molecule has 31 heavy (non-hydrogen) atoms. The van der Waals surface area contributed by atoms with Crippen molar-refractivity contribution in [1.82, 2.24) is 10.2 Å². The molecule has 3 aliphatic rings. The second kappa shape index (κ2) is 9.05. The Morgan fingerprint density at radius 1 is 1.19 bits per heavy atom. The van der Waals surface area contributed by atoms with Crippen LogP contribution >= 0.6 is 0 Å². The number of cyclic esters (lactones) is 1. The van der Waals surface area contributed by atoms with Gasteiger partial charge in [0.15, 0.2) is 6.67 Å². The average Bonchev–Trinajstić information content (AvgIpc) is 3.28. The van der Waals surface area contributed by atoms with Gasteiger partial charge in [0.1, 0.15) is 6.61 Å². The minimum atomic E-state index is -0.309. The summed E-state index contributed by atoms with van der Waals surface area (Å²) < 4.78 is 5.10. The summed E-state index contributed by atoms with van der Waals surface area (Å²) in [6.07, 6.45) is 4.54. The number of nitrogens with one attached hydrogen (secondary N) is 2. The third kappa shape index (κ3) is 4.41. The normalized spacial score (nSPS) is 26.4. The highest BCUT2D eigenvalue weighted by molar-refractivity contribution is 5.94. The molecule has 2 aliphatic heterocycles. The maximum absolute atomic E-state index is 13.2. The number of ether oxygens (including phenoxy) is 1. The molecule has 1 aromatic rings. The summed E-state index contributed by atoms with van der Waals surface area (Å²) in [6, 6.07) is 8.23. The highest BCUT2D eigenvalue weighted by atomic mass is 16.5. The van der Waals surface area contributed by atoms with Crippen LogP contribution in [0.2, 0.25) is 0 Å². The maximum atomic E-state index is 13.2. The summed E-state index contributed by atoms with van der Waals surface area (Å²) in [6.45, 7) is 3.46. The molecule has 1 saturated carbocycles. The monoisotopic (exact) mass is 424 g/mol. The van der Waals surface area contributed by atoms with Gasteiger partial charge in [0, 0.05) is 19.1 Å². The predicted octanol–water partition coefficient (Wildman–Crippen LogP) is 3.84. The van der Waals surface area contributed by atoms with Gasteiger partial charge >= 0.3 is 5.97 Å². The van der Waals surface area contributed by atoms with Gasteiger partial charge in [0.05, 0.1) is 22.4 Å². The van der Waals surface area contributed by atoms with E-state index in [1.807, 2.05) is 24.3 Å². The first-order valence-electron chi connectivity index (χ1n) is 10.7. The maximum Gasteiger partial charge on any atom is 0.336 e. The molecule has 1 saturated heterocycles. The Labute approximate surface area is 181 Å². The SMILES string of the molecule is CC1=C(N2CCC3(CCC(NCc4ccc(N=NCN=N)cc4)CC3)C2=O)COC1=O. The Bertz CT molecular complexity index is 916. The van der Waals surface area contributed by atoms with Gasteiger partial charge in [-0.1, -0.05) is 12.1 Å². The lowest BCUT2D eigenvalue weighted by Crippen LogP contribution is -2.42. The van der Waals surface area contributed by atoms with Crippen LogP contribution in [0.1, 0.15) is 44.6 Å². The minimum absolute atomic E-state index is 0.0514. The number of esters is 1. The molecule has 9 nitrogen and oxygen atoms in total. The van der Waals surface area contributed by atoms with E-state index in [0.29, 0.717) is 18.2 Å². The average molecular weight is 425 g/mol. The van der Waals surface area contributed by atoms with E-state index in [9.17, 15) is 9.59 Å². The highest BCUT2D eigenvalue weighted by Gasteiger charge is 2.50. The quantitative estimate of drug-likeness (QED) is 0.510. The van der Waals surface area contributed by atoms with E-state index in [-0.39, 0.29) is 30.6 Å². The first-order valence-corrected chi connectivity index (χ1v) is 10.7. The van der Waals surface area contributed by atoms with Crippen molar-refractivity contribution in [2.24, 2.45) is 20.8 Å². The number of carbonyl (C=O) groups excluding carboxylic acids is 2. The number of likely N-dealkylation sites (tertiary alicyclic amines) is 1. The van der Waals surface area contributed by atoms with Gasteiger partial charge in [-0.25, -0.2) is 10.3 Å². The predicted molar refractivity (Wildman–Crippen MR) is 112 cm³/mol. The molecule has 1 amide bonds. The van der Waals surface area contributed by atoms with Crippen LogP contribution in [0.15, 0.2) is 50.9 Å². The van der Waals surface area contributed by atoms with E-state index in [4.69, 9.17) is 10.3 Å². The Kier molecular flexibility index (Phi) is 6.22. The van der Waals surface area contributed by atoms with E-state index in [1.165, 1.54) is 5.56 Å². The van der Waals surface area contributed by atoms with Crippen LogP contribution in [0.25, 0.3) is 0 Å². The second-order valence-corrected chi connectivity index (χ2v) is 8.50. The van der Waals surface area contributed by atoms with Crippen molar-refractivity contribution in [2.45, 2.75) is 51.6 Å². The van der Waals surface area contributed by atoms with Crippen molar-refractivity contribution in [2.75, 3.05) is 19.8 Å². The molecule has 0 aromatic heterocycles. The summed E-state index contributed by atoms with van der Waals surface area (Å²) in [7, 11) is 0. The van der Waals surface area contributed by atoms with E-state index in [0.717, 1.165) is 50.0 Å². The number of nitrogens with zero attached hydrogens (tertiary/aromatic N) is 4. The number of hydrogen-bond acceptors (Lipinski definition) is 8. The molecule has 164 valence electrons. The molecule has 1 aliphatic carbocycles. The molecule has 0 radical (unpaired) electrons. The highest BCUT2D eigenvalue weighted by Crippen LogP contribution is 2.46. The molecule has 0 unspecified atom stereocenters. The molecule has 0 bridgehead atoms. The van der Waals surface area contributed by atoms with E-state index < -0.39 is 0 Å². The fourth-order valence-corrected chi connectivity index (χ4v) is 4.75. The summed E-state index contributed by atoms with van der Waals surface area (Å²) in [4.78, 5) is 26.7. The fraction of sp³-hybridized carbons (Fsp3) is 0.545. The van der Waals surface area contributed by atoms with Gasteiger partial charge in [-0.15, -0.1) is 0 Å². The smallest absolute Gasteiger partial charge is 0.336 e. The summed E-state index contributed by atoms with van der Waals surface area (Å²) in [5.74, 6) is -0.141. The number of hydrogen-bond donors (Lipinski definition) is 2. The van der Waals surface area contributed by atoms with Crippen molar-refractivity contribution in [1.29, 1.82) is 5.53 Å². The number of amides is 1. The van der Waals surface area contributed by atoms with Crippen LogP contribution in [0.3, 0.4) is 0 Å². The van der Waals surface area contributed by atoms with Gasteiger partial charge in [-0.3, -0.25) is 4.79 Å². The fourth-order valence-electron chi connectivity index (χ4n) is 4.75. The van der Waals surface area contributed by atoms with Crippen LogP contribution in [0.4, 0.5) is 5.69 Å². The zero-order valence-electron chi connectivity index (χ0n) is 17.8. The Morgan fingerprint density at radius 2 is 1.94 bits per heavy atom. The lowest BCUT2D eigenvalue weighted by atomic mass is 9.71. The van der Waals surface area contributed by atoms with Crippen LogP contribution in [0, 0.1) is 10.9 Å². The van der Waals surface area contributed by atoms with E-state index in [2.05, 4.69) is 20.7 Å². The molecule has 2 N–H and O–H groups in total. The van der Waals surface area contributed by atoms with Crippen molar-refractivity contribution >= 4 is 17.6 Å². The zero-order valence-corrected chi connectivity index (χ0v) is 17.8. The number of rotatable bonds is 7. The third-order valence-corrected chi connectivity index (χ3v) is 6.71. The summed E-state index contributed by atoms with van der Waals surface area (Å²) in [5.41, 5.74) is 9.66. The van der Waals surface area contributed by atoms with Gasteiger partial charge in [-0.2, -0.15) is 15.3 Å². The van der Waals surface area contributed by atoms with Crippen molar-refractivity contribution in [3.05, 3.63) is 41.1 Å². The summed E-state index contributed by atoms with van der Waals surface area (Å²) in [5, 5.41) is 14.6. The lowest BCUT2D eigenvalue weighted by molar-refractivity contribution is -0.138. The second-order valence-electron chi connectivity index (χ2n) is 8.50. The molecular formula is C22H28N6O3. The number of carbonyl (C=O) groups is 2. The molecule has 2 heterocycles. The van der Waals surface area contributed by atoms with E-state index >= 15 is 0 Å². The molecule has 0 atom stereocenters. The van der Waals surface area contributed by atoms with Crippen LogP contribution in [-0.2, 0) is 20.9 Å². The molecule has 2 fully saturated rings. The van der Waals surface area contributed by atoms with Gasteiger partial charge in [0.2, 0.25) is 5.91 Å². The largest absolute Gasteiger partial charge is 0.456 e. The number of benzene rings is 1. The first kappa shape index (κ1) is 21.3. The zero-order chi connectivity index (χ0) is 21.8. The van der Waals surface area contributed by atoms with Gasteiger partial charge in [0.25, 0.3) is 0 Å². The van der Waals surface area contributed by atoms with Crippen LogP contribution in [0.5, 0.6) is 0 Å². The lowest BCUT2D eigenvalue weighted by Gasteiger charge is -2.36. The van der Waals surface area contributed by atoms with Crippen LogP contribution < -0.4 is 5.32 Å². The minimum Gasteiger partial charge on any atom is -0.456 e. The Balaban J connectivity index is 1.28. The van der Waals surface area contributed by atoms with Crippen molar-refractivity contribution in [3.63, 3.8) is 0 Å². The topological polar surface area (TPSA) is 120 Å². The van der Waals surface area contributed by atoms with Crippen molar-refractivity contribution in [3.8, 4) is 0 Å². The van der Waals surface area contributed by atoms with Crippen molar-refractivity contribution < 1.29 is 14.3 Å².